The number of carbonyl (C=O) groups excluding carboxylic acids is 6. The van der Waals surface area contributed by atoms with Crippen LogP contribution in [0.2, 0.25) is 5.02 Å². The Morgan fingerprint density at radius 3 is 2.21 bits per heavy atom. The van der Waals surface area contributed by atoms with Gasteiger partial charge in [-0.1, -0.05) is 63.6 Å². The van der Waals surface area contributed by atoms with Crippen LogP contribution >= 0.6 is 11.6 Å². The standard InChI is InChI=1S/C50H59ClN2O13/c1-24-17-18-32(23-33(24)51)49(61)65-45-30(7)46-37-35-36(45)42(57)38(39(43(35)58)53-20-12-11-13-21-53)52-48(60)26(3)16-14-15-25(2)40(55)28(5)41(56)29(6)44(64-31(8)54)27(4)34(62-10)19-22-63-50(9,66-46)47(37)59/h14-19,22-23,25,27-29,34,40-41,44,55-56H,11-13,20-21H2,1-10H3,(H,52,60)/b15-14-,22-19-,26-16-/t25-,27+,28+,29-,34-,40-,41-,44+,50-/m0/s1. The first-order chi connectivity index (χ1) is 31.1. The highest BCUT2D eigenvalue weighted by Crippen LogP contribution is 2.50. The molecule has 5 aliphatic rings. The lowest BCUT2D eigenvalue weighted by Crippen LogP contribution is -2.46. The van der Waals surface area contributed by atoms with Gasteiger partial charge in [0.1, 0.15) is 29.0 Å². The molecule has 1 saturated heterocycles. The summed E-state index contributed by atoms with van der Waals surface area (Å²) < 4.78 is 30.0. The number of aliphatic hydroxyl groups excluding tert-OH is 2. The highest BCUT2D eigenvalue weighted by molar-refractivity contribution is 6.33. The number of aliphatic hydroxyl groups is 2. The lowest BCUT2D eigenvalue weighted by atomic mass is 9.78. The van der Waals surface area contributed by atoms with E-state index in [9.17, 15) is 29.4 Å². The Bertz CT molecular complexity index is 2450. The molecule has 1 fully saturated rings. The summed E-state index contributed by atoms with van der Waals surface area (Å²) in [5.74, 6) is -10.0. The SMILES string of the molecule is CO[C@H]1/C=C\O[C@@]2(C)Oc3c(C)c(OC(=O)c4ccc(C)c(Cl)c4)c4c(c3C2=O)C(=O)C(N2CCCCC2)=C(NC(=O)/C(C)=C\C=C/[C@H](C)[C@H](O)[C@@H](C)[C@H](O)[C@H](C)[C@H](OC(C)=O)[C@@H]1C)C4=O. The maximum Gasteiger partial charge on any atom is 0.343 e. The highest BCUT2D eigenvalue weighted by Gasteiger charge is 2.53. The zero-order chi connectivity index (χ0) is 48.5. The van der Waals surface area contributed by atoms with Crippen LogP contribution in [0.5, 0.6) is 11.5 Å². The van der Waals surface area contributed by atoms with Crippen LogP contribution in [0.4, 0.5) is 0 Å². The number of amides is 1. The van der Waals surface area contributed by atoms with Crippen LogP contribution in [0.1, 0.15) is 120 Å². The molecule has 15 nitrogen and oxygen atoms in total. The number of benzene rings is 2. The van der Waals surface area contributed by atoms with Crippen molar-refractivity contribution in [2.45, 2.75) is 112 Å². The van der Waals surface area contributed by atoms with Crippen molar-refractivity contribution < 1.29 is 62.7 Å². The molecule has 0 radical (unpaired) electrons. The first kappa shape index (κ1) is 49.8. The second kappa shape index (κ2) is 20.1. The minimum atomic E-state index is -2.15. The van der Waals surface area contributed by atoms with Gasteiger partial charge in [-0.25, -0.2) is 4.79 Å². The van der Waals surface area contributed by atoms with Crippen molar-refractivity contribution in [1.82, 2.24) is 10.2 Å². The van der Waals surface area contributed by atoms with E-state index >= 15 is 9.59 Å². The van der Waals surface area contributed by atoms with E-state index in [0.717, 1.165) is 6.42 Å². The van der Waals surface area contributed by atoms with E-state index in [0.29, 0.717) is 31.5 Å². The number of hydrogen-bond donors (Lipinski definition) is 3. The molecule has 4 heterocycles. The lowest BCUT2D eigenvalue weighted by molar-refractivity contribution is -0.160. The molecule has 66 heavy (non-hydrogen) atoms. The molecule has 3 N–H and O–H groups in total. The van der Waals surface area contributed by atoms with Gasteiger partial charge in [0.25, 0.3) is 11.7 Å². The molecule has 5 bridgehead atoms. The van der Waals surface area contributed by atoms with Crippen LogP contribution in [0, 0.1) is 37.5 Å². The first-order valence-electron chi connectivity index (χ1n) is 22.2. The summed E-state index contributed by atoms with van der Waals surface area (Å²) in [4.78, 5) is 87.5. The Labute approximate surface area is 389 Å². The molecular weight excluding hydrogens is 872 g/mol. The lowest BCUT2D eigenvalue weighted by Gasteiger charge is -2.38. The number of nitrogens with one attached hydrogen (secondary N) is 1. The summed E-state index contributed by atoms with van der Waals surface area (Å²) in [6, 6.07) is 4.51. The third-order valence-electron chi connectivity index (χ3n) is 13.2. The Hall–Kier alpha value is -5.61. The van der Waals surface area contributed by atoms with Gasteiger partial charge in [-0.05, 0) is 63.8 Å². The summed E-state index contributed by atoms with van der Waals surface area (Å²) in [6.07, 6.45) is 5.57. The number of esters is 2. The van der Waals surface area contributed by atoms with Crippen molar-refractivity contribution >= 4 is 46.8 Å². The van der Waals surface area contributed by atoms with Gasteiger partial charge < -0.3 is 44.1 Å². The molecule has 354 valence electrons. The Morgan fingerprint density at radius 1 is 0.894 bits per heavy atom. The number of Topliss-reactive ketones (excluding diaryl/α,β-unsaturated/α-hetero) is 3. The van der Waals surface area contributed by atoms with Crippen LogP contribution < -0.4 is 14.8 Å². The maximum absolute atomic E-state index is 15.3. The van der Waals surface area contributed by atoms with E-state index in [2.05, 4.69) is 5.32 Å². The van der Waals surface area contributed by atoms with Crippen molar-refractivity contribution in [3.63, 3.8) is 0 Å². The van der Waals surface area contributed by atoms with E-state index in [1.165, 1.54) is 65.4 Å². The number of allylic oxidation sites excluding steroid dienone is 4. The Balaban J connectivity index is 1.56. The van der Waals surface area contributed by atoms with Crippen LogP contribution in [-0.4, -0.2) is 101 Å². The third-order valence-corrected chi connectivity index (χ3v) is 13.6. The number of aryl methyl sites for hydroxylation is 1. The number of carbonyl (C=O) groups is 6. The van der Waals surface area contributed by atoms with Gasteiger partial charge in [0.2, 0.25) is 11.6 Å². The average molecular weight is 931 g/mol. The quantitative estimate of drug-likeness (QED) is 0.206. The molecule has 0 unspecified atom stereocenters. The molecule has 2 aromatic rings. The third kappa shape index (κ3) is 9.62. The number of methoxy groups -OCH3 is 1. The fraction of sp³-hybridized carbons (Fsp3) is 0.480. The van der Waals surface area contributed by atoms with E-state index in [1.807, 2.05) is 0 Å². The molecule has 1 aliphatic carbocycles. The molecule has 0 aromatic heterocycles. The van der Waals surface area contributed by atoms with Crippen molar-refractivity contribution in [2.24, 2.45) is 23.7 Å². The van der Waals surface area contributed by atoms with Crippen LogP contribution in [0.25, 0.3) is 0 Å². The summed E-state index contributed by atoms with van der Waals surface area (Å²) >= 11 is 6.38. The fourth-order valence-electron chi connectivity index (χ4n) is 9.08. The highest BCUT2D eigenvalue weighted by atomic mass is 35.5. The van der Waals surface area contributed by atoms with Gasteiger partial charge in [0.05, 0.1) is 46.8 Å². The fourth-order valence-corrected chi connectivity index (χ4v) is 9.26. The van der Waals surface area contributed by atoms with E-state index < -0.39 is 94.6 Å². The topological polar surface area (TPSA) is 204 Å². The zero-order valence-electron chi connectivity index (χ0n) is 39.0. The summed E-state index contributed by atoms with van der Waals surface area (Å²) in [5.41, 5.74) is -0.695. The number of halogens is 1. The molecule has 2 aromatic carbocycles. The van der Waals surface area contributed by atoms with Crippen LogP contribution in [-0.2, 0) is 23.8 Å². The van der Waals surface area contributed by atoms with Gasteiger partial charge in [0, 0.05) is 73.9 Å². The van der Waals surface area contributed by atoms with Gasteiger partial charge in [0.15, 0.2) is 0 Å². The van der Waals surface area contributed by atoms with E-state index in [1.54, 1.807) is 57.7 Å². The minimum absolute atomic E-state index is 0.0191. The van der Waals surface area contributed by atoms with Crippen LogP contribution in [0.3, 0.4) is 0 Å². The number of rotatable bonds is 5. The monoisotopic (exact) mass is 930 g/mol. The smallest absolute Gasteiger partial charge is 0.343 e. The molecule has 1 amide bonds. The van der Waals surface area contributed by atoms with E-state index in [4.69, 9.17) is 35.3 Å². The van der Waals surface area contributed by atoms with Gasteiger partial charge >= 0.3 is 17.7 Å². The molecule has 16 heteroatoms. The predicted molar refractivity (Wildman–Crippen MR) is 243 cm³/mol. The average Bonchev–Trinajstić information content (AvgIpc) is 3.55. The zero-order valence-corrected chi connectivity index (χ0v) is 39.7. The van der Waals surface area contributed by atoms with Crippen molar-refractivity contribution in [3.05, 3.63) is 104 Å². The molecule has 0 saturated carbocycles. The number of fused-ring (bicyclic) bond motifs is 14. The number of ketones is 3. The number of piperidine rings is 1. The number of ether oxygens (including phenoxy) is 5. The maximum atomic E-state index is 15.3. The number of likely N-dealkylation sites (tertiary alicyclic amines) is 1. The van der Waals surface area contributed by atoms with Crippen molar-refractivity contribution in [1.29, 1.82) is 0 Å². The van der Waals surface area contributed by atoms with Gasteiger partial charge in [-0.3, -0.25) is 24.0 Å². The van der Waals surface area contributed by atoms with Crippen LogP contribution in [0.15, 0.2) is 65.7 Å². The van der Waals surface area contributed by atoms with Gasteiger partial charge in [-0.2, -0.15) is 0 Å². The molecule has 4 aliphatic heterocycles. The molecule has 7 rings (SSSR count). The van der Waals surface area contributed by atoms with Gasteiger partial charge in [-0.15, -0.1) is 0 Å². The number of hydrogen-bond acceptors (Lipinski definition) is 14. The van der Waals surface area contributed by atoms with Crippen molar-refractivity contribution in [2.75, 3.05) is 20.2 Å². The number of nitrogens with zero attached hydrogens (tertiary/aromatic N) is 1. The normalized spacial score (nSPS) is 30.4. The summed E-state index contributed by atoms with van der Waals surface area (Å²) in [5, 5.41) is 26.0. The largest absolute Gasteiger partial charge is 0.462 e. The molecular formula is C50H59ClN2O13. The summed E-state index contributed by atoms with van der Waals surface area (Å²) in [7, 11) is 1.42. The Kier molecular flexibility index (Phi) is 15.2. The first-order valence-corrected chi connectivity index (χ1v) is 22.6. The second-order valence-electron chi connectivity index (χ2n) is 17.9. The Morgan fingerprint density at radius 2 is 1.58 bits per heavy atom. The second-order valence-corrected chi connectivity index (χ2v) is 18.3. The molecule has 0 spiro atoms. The molecule has 9 atom stereocenters. The summed E-state index contributed by atoms with van der Waals surface area (Å²) in [6.45, 7) is 14.9. The predicted octanol–water partition coefficient (Wildman–Crippen LogP) is 6.92. The minimum Gasteiger partial charge on any atom is -0.462 e. The van der Waals surface area contributed by atoms with Crippen molar-refractivity contribution in [3.8, 4) is 11.5 Å². The van der Waals surface area contributed by atoms with E-state index in [-0.39, 0.29) is 55.7 Å².